The first kappa shape index (κ1) is 26.6. The topological polar surface area (TPSA) is 58.2 Å². The monoisotopic (exact) mass is 544 g/mol. The maximum Gasteiger partial charge on any atom is 0.237 e. The summed E-state index contributed by atoms with van der Waals surface area (Å²) in [6, 6.07) is 9.54. The maximum atomic E-state index is 15.9. The second-order valence-corrected chi connectivity index (χ2v) is 12.8. The molecular formula is C30H35Cl2FN2O2. The predicted octanol–water partition coefficient (Wildman–Crippen LogP) is 7.42. The number of carbonyl (C=O) groups is 2. The van der Waals surface area contributed by atoms with E-state index in [-0.39, 0.29) is 22.1 Å². The zero-order chi connectivity index (χ0) is 26.8. The van der Waals surface area contributed by atoms with Crippen LogP contribution in [0, 0.1) is 17.2 Å². The van der Waals surface area contributed by atoms with E-state index in [2.05, 4.69) is 31.4 Å². The van der Waals surface area contributed by atoms with Gasteiger partial charge in [-0.2, -0.15) is 0 Å². The van der Waals surface area contributed by atoms with Gasteiger partial charge in [0.25, 0.3) is 0 Å². The molecule has 2 fully saturated rings. The van der Waals surface area contributed by atoms with Gasteiger partial charge in [0.05, 0.1) is 11.1 Å². The molecule has 4 atom stereocenters. The summed E-state index contributed by atoms with van der Waals surface area (Å²) >= 11 is 12.6. The van der Waals surface area contributed by atoms with Gasteiger partial charge in [-0.05, 0) is 66.3 Å². The molecule has 0 radical (unpaired) electrons. The number of halogens is 3. The second-order valence-electron chi connectivity index (χ2n) is 12.0. The van der Waals surface area contributed by atoms with E-state index >= 15 is 4.39 Å². The largest absolute Gasteiger partial charge is 0.325 e. The molecule has 1 unspecified atom stereocenters. The Morgan fingerprint density at radius 1 is 1.14 bits per heavy atom. The summed E-state index contributed by atoms with van der Waals surface area (Å²) in [6.07, 6.45) is 4.43. The SMILES string of the molecule is CCCC1(CC)N[C@@H](C(=O)CC2CC(C)(C)C2)[C@H](c2cccc(Cl)c2F)[C@]12C(=O)Nc1cc(Cl)ccc12. The Hall–Kier alpha value is -1.95. The molecule has 2 aliphatic heterocycles. The number of benzene rings is 2. The van der Waals surface area contributed by atoms with Gasteiger partial charge < -0.3 is 5.32 Å². The summed E-state index contributed by atoms with van der Waals surface area (Å²) in [6.45, 7) is 8.55. The zero-order valence-corrected chi connectivity index (χ0v) is 23.4. The average molecular weight is 546 g/mol. The fraction of sp³-hybridized carbons (Fsp3) is 0.533. The van der Waals surface area contributed by atoms with Gasteiger partial charge in [-0.25, -0.2) is 4.39 Å². The smallest absolute Gasteiger partial charge is 0.237 e. The Kier molecular flexibility index (Phi) is 6.74. The van der Waals surface area contributed by atoms with Crippen molar-refractivity contribution in [1.29, 1.82) is 0 Å². The van der Waals surface area contributed by atoms with E-state index < -0.39 is 28.7 Å². The first-order valence-electron chi connectivity index (χ1n) is 13.4. The molecule has 1 aliphatic carbocycles. The van der Waals surface area contributed by atoms with Crippen LogP contribution in [0.4, 0.5) is 10.1 Å². The lowest BCUT2D eigenvalue weighted by molar-refractivity contribution is -0.124. The van der Waals surface area contributed by atoms with Crippen LogP contribution in [0.1, 0.15) is 83.3 Å². The Morgan fingerprint density at radius 3 is 2.51 bits per heavy atom. The molecule has 7 heteroatoms. The number of Topliss-reactive ketones (excluding diaryl/α,β-unsaturated/α-hetero) is 1. The van der Waals surface area contributed by atoms with Crippen LogP contribution in [0.5, 0.6) is 0 Å². The molecule has 2 aromatic rings. The summed E-state index contributed by atoms with van der Waals surface area (Å²) in [5, 5.41) is 7.24. The molecule has 1 saturated heterocycles. The van der Waals surface area contributed by atoms with Gasteiger partial charge in [-0.15, -0.1) is 0 Å². The van der Waals surface area contributed by atoms with E-state index in [1.54, 1.807) is 24.3 Å². The Labute approximate surface area is 228 Å². The molecule has 37 heavy (non-hydrogen) atoms. The van der Waals surface area contributed by atoms with Crippen LogP contribution in [-0.4, -0.2) is 23.3 Å². The number of fused-ring (bicyclic) bond motifs is 2. The van der Waals surface area contributed by atoms with Crippen molar-refractivity contribution in [3.63, 3.8) is 0 Å². The van der Waals surface area contributed by atoms with Crippen LogP contribution >= 0.6 is 23.2 Å². The fourth-order valence-electron chi connectivity index (χ4n) is 7.89. The van der Waals surface area contributed by atoms with Gasteiger partial charge in [0, 0.05) is 28.6 Å². The number of anilines is 1. The van der Waals surface area contributed by atoms with Crippen LogP contribution in [0.15, 0.2) is 36.4 Å². The molecule has 4 nitrogen and oxygen atoms in total. The van der Waals surface area contributed by atoms with Gasteiger partial charge in [-0.1, -0.05) is 75.5 Å². The van der Waals surface area contributed by atoms with E-state index in [1.807, 2.05) is 13.0 Å². The first-order valence-corrected chi connectivity index (χ1v) is 14.1. The van der Waals surface area contributed by atoms with Gasteiger partial charge >= 0.3 is 0 Å². The van der Waals surface area contributed by atoms with Gasteiger partial charge in [0.2, 0.25) is 5.91 Å². The zero-order valence-electron chi connectivity index (χ0n) is 21.9. The average Bonchev–Trinajstić information content (AvgIpc) is 3.28. The summed E-state index contributed by atoms with van der Waals surface area (Å²) in [5.74, 6) is -1.23. The minimum atomic E-state index is -1.21. The number of ketones is 1. The van der Waals surface area contributed by atoms with Crippen molar-refractivity contribution >= 4 is 40.6 Å². The molecule has 3 aliphatic rings. The molecule has 1 saturated carbocycles. The van der Waals surface area contributed by atoms with Crippen LogP contribution in [0.25, 0.3) is 0 Å². The third-order valence-electron chi connectivity index (χ3n) is 9.12. The summed E-state index contributed by atoms with van der Waals surface area (Å²) < 4.78 is 15.9. The molecule has 2 aromatic carbocycles. The molecule has 2 N–H and O–H groups in total. The van der Waals surface area contributed by atoms with Gasteiger partial charge in [-0.3, -0.25) is 14.9 Å². The molecular weight excluding hydrogens is 510 g/mol. The lowest BCUT2D eigenvalue weighted by Gasteiger charge is -2.44. The van der Waals surface area contributed by atoms with Crippen LogP contribution < -0.4 is 10.6 Å². The van der Waals surface area contributed by atoms with Crippen molar-refractivity contribution in [1.82, 2.24) is 5.32 Å². The molecule has 1 amide bonds. The minimum Gasteiger partial charge on any atom is -0.325 e. The lowest BCUT2D eigenvalue weighted by atomic mass is 9.56. The molecule has 5 rings (SSSR count). The number of hydrogen-bond acceptors (Lipinski definition) is 3. The van der Waals surface area contributed by atoms with Gasteiger partial charge in [0.1, 0.15) is 11.2 Å². The summed E-state index contributed by atoms with van der Waals surface area (Å²) in [4.78, 5) is 28.4. The Balaban J connectivity index is 1.73. The lowest BCUT2D eigenvalue weighted by Crippen LogP contribution is -2.59. The third kappa shape index (κ3) is 3.95. The van der Waals surface area contributed by atoms with Crippen molar-refractivity contribution in [2.45, 2.75) is 89.1 Å². The van der Waals surface area contributed by atoms with E-state index in [0.29, 0.717) is 41.5 Å². The highest BCUT2D eigenvalue weighted by atomic mass is 35.5. The van der Waals surface area contributed by atoms with Crippen molar-refractivity contribution < 1.29 is 14.0 Å². The number of rotatable bonds is 7. The highest BCUT2D eigenvalue weighted by molar-refractivity contribution is 6.31. The summed E-state index contributed by atoms with van der Waals surface area (Å²) in [5.41, 5.74) is -0.0427. The molecule has 198 valence electrons. The molecule has 1 spiro atoms. The van der Waals surface area contributed by atoms with Crippen molar-refractivity contribution in [3.05, 3.63) is 63.4 Å². The Morgan fingerprint density at radius 2 is 1.86 bits per heavy atom. The van der Waals surface area contributed by atoms with Crippen molar-refractivity contribution in [3.8, 4) is 0 Å². The highest BCUT2D eigenvalue weighted by Crippen LogP contribution is 2.62. The van der Waals surface area contributed by atoms with Crippen molar-refractivity contribution in [2.24, 2.45) is 11.3 Å². The maximum absolute atomic E-state index is 15.9. The van der Waals surface area contributed by atoms with E-state index in [4.69, 9.17) is 23.2 Å². The van der Waals surface area contributed by atoms with E-state index in [0.717, 1.165) is 24.8 Å². The standard InChI is InChI=1S/C30H35Cl2FN2O2/c1-5-12-29(6-2)30(20-11-10-18(31)14-22(20)34-27(30)37)24(19-8-7-9-21(32)25(19)33)26(35-29)23(36)13-17-15-28(3,4)16-17/h7-11,14,17,24,26,35H,5-6,12-13,15-16H2,1-4H3,(H,34,37)/t24-,26-,29?,30+/m0/s1. The summed E-state index contributed by atoms with van der Waals surface area (Å²) in [7, 11) is 0. The second kappa shape index (κ2) is 9.36. The molecule has 0 bridgehead atoms. The van der Waals surface area contributed by atoms with E-state index in [1.165, 1.54) is 6.07 Å². The quantitative estimate of drug-likeness (QED) is 0.381. The third-order valence-corrected chi connectivity index (χ3v) is 9.64. The van der Waals surface area contributed by atoms with Crippen LogP contribution in [-0.2, 0) is 15.0 Å². The van der Waals surface area contributed by atoms with Crippen molar-refractivity contribution in [2.75, 3.05) is 5.32 Å². The number of amides is 1. The van der Waals surface area contributed by atoms with Gasteiger partial charge in [0.15, 0.2) is 5.78 Å². The predicted molar refractivity (Wildman–Crippen MR) is 147 cm³/mol. The Bertz CT molecular complexity index is 1260. The van der Waals surface area contributed by atoms with Crippen LogP contribution in [0.2, 0.25) is 10.0 Å². The van der Waals surface area contributed by atoms with Crippen LogP contribution in [0.3, 0.4) is 0 Å². The minimum absolute atomic E-state index is 0.0150. The number of carbonyl (C=O) groups excluding carboxylic acids is 2. The number of nitrogens with one attached hydrogen (secondary N) is 2. The molecule has 0 aromatic heterocycles. The van der Waals surface area contributed by atoms with E-state index in [9.17, 15) is 9.59 Å². The fourth-order valence-corrected chi connectivity index (χ4v) is 8.24. The number of hydrogen-bond donors (Lipinski definition) is 2. The highest BCUT2D eigenvalue weighted by Gasteiger charge is 2.71. The first-order chi connectivity index (χ1) is 17.5. The normalized spacial score (nSPS) is 30.3. The molecule has 2 heterocycles.